The predicted molar refractivity (Wildman–Crippen MR) is 191 cm³/mol. The third-order valence-corrected chi connectivity index (χ3v) is 9.60. The number of anilines is 2. The lowest BCUT2D eigenvalue weighted by atomic mass is 9.92. The predicted octanol–water partition coefficient (Wildman–Crippen LogP) is 3.76. The third kappa shape index (κ3) is 8.33. The van der Waals surface area contributed by atoms with Crippen molar-refractivity contribution in [2.24, 2.45) is 0 Å². The minimum Gasteiger partial charge on any atom is -0.372 e. The van der Waals surface area contributed by atoms with Gasteiger partial charge in [-0.1, -0.05) is 29.4 Å². The number of carbonyl (C=O) groups is 3. The second kappa shape index (κ2) is 15.4. The van der Waals surface area contributed by atoms with Crippen LogP contribution in [0.5, 0.6) is 0 Å². The number of pyridine rings is 1. The van der Waals surface area contributed by atoms with E-state index in [0.717, 1.165) is 30.5 Å². The highest BCUT2D eigenvalue weighted by molar-refractivity contribution is 6.01. The van der Waals surface area contributed by atoms with Gasteiger partial charge in [0.15, 0.2) is 29.0 Å². The number of nitrogens with one attached hydrogen (secondary N) is 4. The van der Waals surface area contributed by atoms with Crippen molar-refractivity contribution in [3.63, 3.8) is 0 Å². The molecule has 1 unspecified atom stereocenters. The van der Waals surface area contributed by atoms with Gasteiger partial charge in [0, 0.05) is 69.2 Å². The Balaban J connectivity index is 0.878. The molecule has 16 nitrogen and oxygen atoms in total. The largest absolute Gasteiger partial charge is 0.401 e. The van der Waals surface area contributed by atoms with Crippen molar-refractivity contribution in [1.29, 1.82) is 0 Å². The summed E-state index contributed by atoms with van der Waals surface area (Å²) < 4.78 is 60.1. The highest BCUT2D eigenvalue weighted by Crippen LogP contribution is 2.38. The molecule has 1 aromatic carbocycles. The quantitative estimate of drug-likeness (QED) is 0.112. The van der Waals surface area contributed by atoms with Crippen molar-refractivity contribution in [3.05, 3.63) is 83.8 Å². The standard InChI is InChI=1S/C36H36F4N12O4/c1-35(2,36(38,39)40)34-46-28(48-49-34)18-44-33(55)27-14-26(50-56-27)30-41-15-22(16-42-30)21-5-3-20(4-6-21)19-51-9-11-52(12-10-51)31-24(37)13-23(17-43-31)45-25-7-8-29(53)47-32(25)54/h3-6,13-17,25,45H,7-12,18-19H2,1-2H3,(H,44,55)(H,46,48,49)(H,47,53,54). The molecular weight excluding hydrogens is 740 g/mol. The molecule has 3 amide bonds. The number of alkyl halides is 3. The smallest absolute Gasteiger partial charge is 0.372 e. The Hall–Kier alpha value is -6.31. The number of benzene rings is 1. The van der Waals surface area contributed by atoms with Crippen molar-refractivity contribution in [2.75, 3.05) is 36.4 Å². The van der Waals surface area contributed by atoms with Gasteiger partial charge in [0.05, 0.1) is 18.4 Å². The molecule has 2 fully saturated rings. The first kappa shape index (κ1) is 38.0. The third-order valence-electron chi connectivity index (χ3n) is 9.60. The van der Waals surface area contributed by atoms with Crippen LogP contribution in [0.25, 0.3) is 22.6 Å². The molecule has 2 aliphatic rings. The highest BCUT2D eigenvalue weighted by atomic mass is 19.4. The number of aromatic amines is 1. The van der Waals surface area contributed by atoms with Gasteiger partial charge in [0.25, 0.3) is 5.91 Å². The van der Waals surface area contributed by atoms with E-state index in [9.17, 15) is 27.6 Å². The van der Waals surface area contributed by atoms with Gasteiger partial charge in [0.1, 0.15) is 17.3 Å². The number of piperidine rings is 1. The maximum Gasteiger partial charge on any atom is 0.401 e. The van der Waals surface area contributed by atoms with Gasteiger partial charge in [0.2, 0.25) is 17.6 Å². The average Bonchev–Trinajstić information content (AvgIpc) is 3.87. The molecule has 5 aromatic rings. The molecule has 20 heteroatoms. The average molecular weight is 777 g/mol. The van der Waals surface area contributed by atoms with E-state index in [1.807, 2.05) is 29.2 Å². The van der Waals surface area contributed by atoms with E-state index in [0.29, 0.717) is 44.8 Å². The molecule has 0 spiro atoms. The number of hydrogen-bond donors (Lipinski definition) is 4. The van der Waals surface area contributed by atoms with E-state index in [2.05, 4.69) is 56.1 Å². The second-order valence-corrected chi connectivity index (χ2v) is 13.9. The number of carbonyl (C=O) groups excluding carboxylic acids is 3. The van der Waals surface area contributed by atoms with Crippen LogP contribution in [-0.4, -0.2) is 96.3 Å². The first-order valence-corrected chi connectivity index (χ1v) is 17.6. The summed E-state index contributed by atoms with van der Waals surface area (Å²) in [4.78, 5) is 57.1. The summed E-state index contributed by atoms with van der Waals surface area (Å²) in [5, 5.41) is 17.7. The maximum absolute atomic E-state index is 15.1. The fraction of sp³-hybridized carbons (Fsp3) is 0.361. The topological polar surface area (TPSA) is 200 Å². The fourth-order valence-corrected chi connectivity index (χ4v) is 6.08. The van der Waals surface area contributed by atoms with Crippen LogP contribution in [0.3, 0.4) is 0 Å². The number of nitrogens with zero attached hydrogens (tertiary/aromatic N) is 8. The highest BCUT2D eigenvalue weighted by Gasteiger charge is 2.51. The van der Waals surface area contributed by atoms with Crippen molar-refractivity contribution >= 4 is 29.2 Å². The van der Waals surface area contributed by atoms with Crippen LogP contribution in [0.4, 0.5) is 29.1 Å². The summed E-state index contributed by atoms with van der Waals surface area (Å²) >= 11 is 0. The second-order valence-electron chi connectivity index (χ2n) is 13.9. The Bertz CT molecular complexity index is 2220. The van der Waals surface area contributed by atoms with Crippen molar-refractivity contribution < 1.29 is 36.5 Å². The molecule has 4 aromatic heterocycles. The van der Waals surface area contributed by atoms with E-state index in [1.165, 1.54) is 18.3 Å². The molecule has 292 valence electrons. The van der Waals surface area contributed by atoms with E-state index >= 15 is 4.39 Å². The summed E-state index contributed by atoms with van der Waals surface area (Å²) in [5.41, 5.74) is 1.04. The monoisotopic (exact) mass is 776 g/mol. The molecule has 2 saturated heterocycles. The fourth-order valence-electron chi connectivity index (χ4n) is 6.08. The van der Waals surface area contributed by atoms with Gasteiger partial charge in [-0.2, -0.15) is 18.3 Å². The van der Waals surface area contributed by atoms with Gasteiger partial charge in [-0.15, -0.1) is 0 Å². The van der Waals surface area contributed by atoms with Crippen LogP contribution in [0.15, 0.2) is 59.5 Å². The number of hydrogen-bond acceptors (Lipinski definition) is 13. The lowest BCUT2D eigenvalue weighted by Gasteiger charge is -2.35. The molecule has 4 N–H and O–H groups in total. The zero-order chi connectivity index (χ0) is 39.6. The zero-order valence-corrected chi connectivity index (χ0v) is 30.2. The van der Waals surface area contributed by atoms with E-state index in [1.54, 1.807) is 12.4 Å². The van der Waals surface area contributed by atoms with Crippen molar-refractivity contribution in [1.82, 2.24) is 50.8 Å². The normalized spacial score (nSPS) is 16.8. The van der Waals surface area contributed by atoms with Crippen LogP contribution in [0.1, 0.15) is 54.5 Å². The van der Waals surface area contributed by atoms with Gasteiger partial charge < -0.3 is 20.1 Å². The van der Waals surface area contributed by atoms with Crippen LogP contribution < -0.4 is 20.9 Å². The summed E-state index contributed by atoms with van der Waals surface area (Å²) in [6.45, 7) is 4.98. The lowest BCUT2D eigenvalue weighted by molar-refractivity contribution is -0.182. The molecule has 56 heavy (non-hydrogen) atoms. The number of H-pyrrole nitrogens is 1. The van der Waals surface area contributed by atoms with Gasteiger partial charge >= 0.3 is 6.18 Å². The first-order valence-electron chi connectivity index (χ1n) is 17.6. The van der Waals surface area contributed by atoms with E-state index in [-0.39, 0.29) is 47.8 Å². The molecule has 0 saturated carbocycles. The van der Waals surface area contributed by atoms with Gasteiger partial charge in [-0.3, -0.25) is 29.7 Å². The molecule has 1 atom stereocenters. The maximum atomic E-state index is 15.1. The number of amides is 3. The lowest BCUT2D eigenvalue weighted by Crippen LogP contribution is -2.47. The Morgan fingerprint density at radius 2 is 1.71 bits per heavy atom. The van der Waals surface area contributed by atoms with Crippen LogP contribution in [0.2, 0.25) is 0 Å². The minimum atomic E-state index is -4.56. The Kier molecular flexibility index (Phi) is 10.5. The Labute approximate surface area is 316 Å². The zero-order valence-electron chi connectivity index (χ0n) is 30.2. The van der Waals surface area contributed by atoms with Crippen LogP contribution in [-0.2, 0) is 28.1 Å². The minimum absolute atomic E-state index is 0.0370. The SMILES string of the molecule is CC(C)(c1n[nH]c(CNC(=O)c2cc(-c3ncc(-c4ccc(CN5CCN(c6ncc(NC7CCC(=O)NC7=O)cc6F)CC5)cc4)cn3)no2)n1)C(F)(F)F. The van der Waals surface area contributed by atoms with Gasteiger partial charge in [-0.25, -0.2) is 24.3 Å². The van der Waals surface area contributed by atoms with Gasteiger partial charge in [-0.05, 0) is 31.4 Å². The summed E-state index contributed by atoms with van der Waals surface area (Å²) in [6, 6.07) is 10.0. The first-order chi connectivity index (χ1) is 26.7. The molecular formula is C36H36F4N12O4. The summed E-state index contributed by atoms with van der Waals surface area (Å²) in [5.74, 6) is -2.01. The molecule has 0 aliphatic carbocycles. The van der Waals surface area contributed by atoms with E-state index < -0.39 is 41.1 Å². The number of imide groups is 1. The molecule has 6 heterocycles. The van der Waals surface area contributed by atoms with Crippen LogP contribution >= 0.6 is 0 Å². The number of halogens is 4. The Morgan fingerprint density at radius 1 is 0.982 bits per heavy atom. The number of aromatic nitrogens is 7. The molecule has 0 radical (unpaired) electrons. The van der Waals surface area contributed by atoms with E-state index in [4.69, 9.17) is 4.52 Å². The molecule has 7 rings (SSSR count). The number of rotatable bonds is 11. The summed E-state index contributed by atoms with van der Waals surface area (Å²) in [7, 11) is 0. The molecule has 2 aliphatic heterocycles. The number of piperazine rings is 1. The summed E-state index contributed by atoms with van der Waals surface area (Å²) in [6.07, 6.45) is 0.739. The van der Waals surface area contributed by atoms with Crippen LogP contribution in [0, 0.1) is 5.82 Å². The van der Waals surface area contributed by atoms with Crippen molar-refractivity contribution in [3.8, 4) is 22.6 Å². The Morgan fingerprint density at radius 3 is 2.39 bits per heavy atom. The molecule has 0 bridgehead atoms. The van der Waals surface area contributed by atoms with Crippen molar-refractivity contribution in [2.45, 2.75) is 57.4 Å².